The molecular formula is C14H12BrF2NO. The molecule has 0 saturated carbocycles. The van der Waals surface area contributed by atoms with Crippen molar-refractivity contribution in [3.63, 3.8) is 0 Å². The van der Waals surface area contributed by atoms with Crippen molar-refractivity contribution in [2.75, 3.05) is 5.32 Å². The van der Waals surface area contributed by atoms with Crippen LogP contribution in [0.4, 0.5) is 14.5 Å². The fourth-order valence-electron chi connectivity index (χ4n) is 1.73. The van der Waals surface area contributed by atoms with E-state index < -0.39 is 5.82 Å². The molecule has 0 unspecified atom stereocenters. The van der Waals surface area contributed by atoms with Crippen molar-refractivity contribution in [2.45, 2.75) is 13.5 Å². The van der Waals surface area contributed by atoms with Gasteiger partial charge in [-0.3, -0.25) is 0 Å². The topological polar surface area (TPSA) is 32.3 Å². The molecule has 5 heteroatoms. The number of rotatable bonds is 3. The third-order valence-electron chi connectivity index (χ3n) is 2.81. The van der Waals surface area contributed by atoms with Gasteiger partial charge in [0.2, 0.25) is 0 Å². The molecule has 0 aliphatic heterocycles. The van der Waals surface area contributed by atoms with Gasteiger partial charge >= 0.3 is 0 Å². The van der Waals surface area contributed by atoms with Crippen LogP contribution in [0, 0.1) is 18.6 Å². The second kappa shape index (κ2) is 5.57. The van der Waals surface area contributed by atoms with Crippen LogP contribution >= 0.6 is 15.9 Å². The molecule has 2 aromatic carbocycles. The second-order valence-corrected chi connectivity index (χ2v) is 5.04. The summed E-state index contributed by atoms with van der Waals surface area (Å²) in [7, 11) is 0. The Balaban J connectivity index is 2.19. The Kier molecular flexibility index (Phi) is 4.04. The maximum absolute atomic E-state index is 13.3. The third-order valence-corrected chi connectivity index (χ3v) is 3.41. The number of phenolic OH excluding ortho intramolecular Hbond substituents is 1. The average Bonchev–Trinajstić information content (AvgIpc) is 2.37. The summed E-state index contributed by atoms with van der Waals surface area (Å²) in [5.41, 5.74) is 1.90. The number of halogens is 3. The highest BCUT2D eigenvalue weighted by Gasteiger charge is 2.08. The zero-order valence-corrected chi connectivity index (χ0v) is 11.8. The molecule has 0 fully saturated rings. The fraction of sp³-hybridized carbons (Fsp3) is 0.143. The summed E-state index contributed by atoms with van der Waals surface area (Å²) in [4.78, 5) is 0. The molecule has 0 heterocycles. The van der Waals surface area contributed by atoms with Crippen molar-refractivity contribution in [2.24, 2.45) is 0 Å². The first-order valence-electron chi connectivity index (χ1n) is 5.65. The van der Waals surface area contributed by atoms with Gasteiger partial charge in [0.1, 0.15) is 5.82 Å². The first kappa shape index (κ1) is 13.8. The van der Waals surface area contributed by atoms with Gasteiger partial charge in [-0.1, -0.05) is 12.1 Å². The summed E-state index contributed by atoms with van der Waals surface area (Å²) in [5.74, 6) is -1.36. The number of phenols is 1. The van der Waals surface area contributed by atoms with Crippen LogP contribution < -0.4 is 5.32 Å². The number of hydrogen-bond acceptors (Lipinski definition) is 2. The first-order valence-corrected chi connectivity index (χ1v) is 6.44. The van der Waals surface area contributed by atoms with Crippen molar-refractivity contribution >= 4 is 21.6 Å². The number of aryl methyl sites for hydroxylation is 1. The minimum atomic E-state index is -0.656. The molecule has 100 valence electrons. The van der Waals surface area contributed by atoms with Gasteiger partial charge in [-0.05, 0) is 46.6 Å². The van der Waals surface area contributed by atoms with Gasteiger partial charge in [0, 0.05) is 17.8 Å². The molecule has 0 atom stereocenters. The number of hydrogen-bond donors (Lipinski definition) is 2. The molecule has 2 N–H and O–H groups in total. The lowest BCUT2D eigenvalue weighted by Gasteiger charge is -2.12. The van der Waals surface area contributed by atoms with Crippen LogP contribution in [-0.4, -0.2) is 5.11 Å². The van der Waals surface area contributed by atoms with Gasteiger partial charge in [-0.25, -0.2) is 8.78 Å². The highest BCUT2D eigenvalue weighted by atomic mass is 79.9. The summed E-state index contributed by atoms with van der Waals surface area (Å²) in [6.07, 6.45) is 0. The van der Waals surface area contributed by atoms with E-state index in [4.69, 9.17) is 0 Å². The van der Waals surface area contributed by atoms with Gasteiger partial charge in [0.15, 0.2) is 11.6 Å². The minimum absolute atomic E-state index is 0.252. The van der Waals surface area contributed by atoms with Crippen LogP contribution in [0.3, 0.4) is 0 Å². The van der Waals surface area contributed by atoms with E-state index in [1.165, 1.54) is 18.2 Å². The molecule has 0 radical (unpaired) electrons. The first-order chi connectivity index (χ1) is 8.99. The van der Waals surface area contributed by atoms with Crippen molar-refractivity contribution in [3.8, 4) is 5.75 Å². The SMILES string of the molecule is Cc1cc(F)c(Br)cc1NCc1cccc(F)c1O. The van der Waals surface area contributed by atoms with E-state index in [1.54, 1.807) is 19.1 Å². The molecule has 0 aromatic heterocycles. The van der Waals surface area contributed by atoms with Gasteiger partial charge in [-0.2, -0.15) is 0 Å². The van der Waals surface area contributed by atoms with Crippen LogP contribution in [0.1, 0.15) is 11.1 Å². The van der Waals surface area contributed by atoms with E-state index in [0.717, 1.165) is 11.3 Å². The molecule has 2 aromatic rings. The summed E-state index contributed by atoms with van der Waals surface area (Å²) < 4.78 is 26.8. The van der Waals surface area contributed by atoms with Crippen LogP contribution in [-0.2, 0) is 6.54 Å². The molecular weight excluding hydrogens is 316 g/mol. The highest BCUT2D eigenvalue weighted by Crippen LogP contribution is 2.26. The van der Waals surface area contributed by atoms with Crippen LogP contribution in [0.25, 0.3) is 0 Å². The summed E-state index contributed by atoms with van der Waals surface area (Å²) in [6.45, 7) is 2.02. The molecule has 0 spiro atoms. The van der Waals surface area contributed by atoms with Gasteiger partial charge in [0.25, 0.3) is 0 Å². The monoisotopic (exact) mass is 327 g/mol. The normalized spacial score (nSPS) is 10.5. The molecule has 0 aliphatic carbocycles. The number of aromatic hydroxyl groups is 1. The van der Waals surface area contributed by atoms with E-state index >= 15 is 0 Å². The average molecular weight is 328 g/mol. The van der Waals surface area contributed by atoms with Crippen molar-refractivity contribution in [1.82, 2.24) is 0 Å². The molecule has 0 bridgehead atoms. The van der Waals surface area contributed by atoms with Crippen LogP contribution in [0.5, 0.6) is 5.75 Å². The summed E-state index contributed by atoms with van der Waals surface area (Å²) in [5, 5.41) is 12.6. The Hall–Kier alpha value is -1.62. The lowest BCUT2D eigenvalue weighted by atomic mass is 10.1. The summed E-state index contributed by atoms with van der Waals surface area (Å²) >= 11 is 3.11. The van der Waals surface area contributed by atoms with E-state index in [9.17, 15) is 13.9 Å². The van der Waals surface area contributed by atoms with Crippen LogP contribution in [0.15, 0.2) is 34.8 Å². The standard InChI is InChI=1S/C14H12BrF2NO/c1-8-5-12(17)10(15)6-13(8)18-7-9-3-2-4-11(16)14(9)19/h2-6,18-19H,7H2,1H3. The number of benzene rings is 2. The third kappa shape index (κ3) is 3.04. The maximum Gasteiger partial charge on any atom is 0.165 e. The Bertz CT molecular complexity index is 617. The van der Waals surface area contributed by atoms with Crippen LogP contribution in [0.2, 0.25) is 0 Å². The zero-order chi connectivity index (χ0) is 14.0. The molecule has 0 aliphatic rings. The fourth-order valence-corrected chi connectivity index (χ4v) is 2.07. The minimum Gasteiger partial charge on any atom is -0.505 e. The predicted octanol–water partition coefficient (Wildman–Crippen LogP) is 4.35. The van der Waals surface area contributed by atoms with Gasteiger partial charge in [0.05, 0.1) is 4.47 Å². The Morgan fingerprint density at radius 2 is 1.95 bits per heavy atom. The smallest absolute Gasteiger partial charge is 0.165 e. The Morgan fingerprint density at radius 3 is 2.68 bits per heavy atom. The van der Waals surface area contributed by atoms with E-state index in [1.807, 2.05) is 0 Å². The predicted molar refractivity (Wildman–Crippen MR) is 74.2 cm³/mol. The largest absolute Gasteiger partial charge is 0.505 e. The Morgan fingerprint density at radius 1 is 1.21 bits per heavy atom. The number of anilines is 1. The molecule has 2 rings (SSSR count). The number of para-hydroxylation sites is 1. The van der Waals surface area contributed by atoms with Gasteiger partial charge in [-0.15, -0.1) is 0 Å². The van der Waals surface area contributed by atoms with Crippen molar-refractivity contribution in [1.29, 1.82) is 0 Å². The van der Waals surface area contributed by atoms with Crippen molar-refractivity contribution < 1.29 is 13.9 Å². The van der Waals surface area contributed by atoms with Gasteiger partial charge < -0.3 is 10.4 Å². The highest BCUT2D eigenvalue weighted by molar-refractivity contribution is 9.10. The van der Waals surface area contributed by atoms with E-state index in [-0.39, 0.29) is 18.1 Å². The summed E-state index contributed by atoms with van der Waals surface area (Å²) in [6, 6.07) is 7.36. The molecule has 0 saturated heterocycles. The molecule has 0 amide bonds. The quantitative estimate of drug-likeness (QED) is 0.878. The van der Waals surface area contributed by atoms with E-state index in [2.05, 4.69) is 21.2 Å². The van der Waals surface area contributed by atoms with E-state index in [0.29, 0.717) is 10.0 Å². The molecule has 2 nitrogen and oxygen atoms in total. The number of nitrogens with one attached hydrogen (secondary N) is 1. The Labute approximate surface area is 118 Å². The zero-order valence-electron chi connectivity index (χ0n) is 10.2. The molecule has 19 heavy (non-hydrogen) atoms. The van der Waals surface area contributed by atoms with Crippen molar-refractivity contribution in [3.05, 3.63) is 57.6 Å². The lowest BCUT2D eigenvalue weighted by Crippen LogP contribution is -2.02. The lowest BCUT2D eigenvalue weighted by molar-refractivity contribution is 0.427. The maximum atomic E-state index is 13.3. The second-order valence-electron chi connectivity index (χ2n) is 4.18.